The summed E-state index contributed by atoms with van der Waals surface area (Å²) in [4.78, 5) is 48.4. The van der Waals surface area contributed by atoms with Gasteiger partial charge in [0.15, 0.2) is 0 Å². The van der Waals surface area contributed by atoms with E-state index in [9.17, 15) is 19.2 Å². The molecule has 9 heteroatoms. The maximum Gasteiger partial charge on any atom is 0.335 e. The summed E-state index contributed by atoms with van der Waals surface area (Å²) in [6.45, 7) is 3.18. The van der Waals surface area contributed by atoms with Crippen LogP contribution in [0.4, 0.5) is 4.79 Å². The lowest BCUT2D eigenvalue weighted by Crippen LogP contribution is -2.42. The van der Waals surface area contributed by atoms with E-state index in [1.807, 2.05) is 0 Å². The summed E-state index contributed by atoms with van der Waals surface area (Å²) in [7, 11) is 1.18. The predicted octanol–water partition coefficient (Wildman–Crippen LogP) is 3.55. The van der Waals surface area contributed by atoms with Crippen LogP contribution >= 0.6 is 11.8 Å². The van der Waals surface area contributed by atoms with Crippen LogP contribution in [0, 0.1) is 6.92 Å². The van der Waals surface area contributed by atoms with E-state index in [-0.39, 0.29) is 10.5 Å². The molecule has 0 aliphatic carbocycles. The molecule has 0 unspecified atom stereocenters. The number of carbonyl (C=O) groups is 4. The Balaban J connectivity index is 1.85. The Hall–Kier alpha value is -3.33. The molecule has 150 valence electrons. The number of esters is 1. The fourth-order valence-electron chi connectivity index (χ4n) is 2.87. The van der Waals surface area contributed by atoms with Crippen LogP contribution in [0.1, 0.15) is 28.6 Å². The first kappa shape index (κ1) is 20.4. The van der Waals surface area contributed by atoms with Crippen molar-refractivity contribution in [1.29, 1.82) is 0 Å². The van der Waals surface area contributed by atoms with Gasteiger partial charge in [0.1, 0.15) is 17.6 Å². The summed E-state index contributed by atoms with van der Waals surface area (Å²) >= 11 is 0.712. The van der Waals surface area contributed by atoms with Gasteiger partial charge in [-0.2, -0.15) is 0 Å². The minimum Gasteiger partial charge on any atom is -0.478 e. The number of hydrogen-bond acceptors (Lipinski definition) is 7. The number of carboxylic acid groups (broad SMARTS) is 1. The van der Waals surface area contributed by atoms with Crippen LogP contribution in [0.15, 0.2) is 39.7 Å². The van der Waals surface area contributed by atoms with Crippen molar-refractivity contribution in [3.8, 4) is 11.3 Å². The normalized spacial score (nSPS) is 16.4. The molecule has 1 aliphatic rings. The van der Waals surface area contributed by atoms with Crippen molar-refractivity contribution in [1.82, 2.24) is 4.90 Å². The highest BCUT2D eigenvalue weighted by Gasteiger charge is 2.41. The van der Waals surface area contributed by atoms with Gasteiger partial charge in [-0.05, 0) is 55.4 Å². The van der Waals surface area contributed by atoms with E-state index >= 15 is 0 Å². The number of furan rings is 1. The number of benzene rings is 1. The second kappa shape index (κ2) is 7.96. The fourth-order valence-corrected chi connectivity index (χ4v) is 3.76. The molecular formula is C20H17NO7S. The number of carbonyl (C=O) groups excluding carboxylic acids is 3. The number of nitrogens with zero attached hydrogens (tertiary/aromatic N) is 1. The lowest BCUT2D eigenvalue weighted by atomic mass is 10.0. The van der Waals surface area contributed by atoms with Crippen molar-refractivity contribution in [2.75, 3.05) is 7.11 Å². The Bertz CT molecular complexity index is 1050. The second-order valence-corrected chi connectivity index (χ2v) is 7.28. The standard InChI is InChI=1S/C20H17NO7S/c1-10-8-12(18(23)24)4-6-14(10)15-7-5-13(28-15)9-16-17(22)21(20(26)29-16)11(2)19(25)27-3/h4-9,11H,1-3H3,(H,23,24)/b16-9+/t11-/m0/s1. The van der Waals surface area contributed by atoms with E-state index in [1.165, 1.54) is 26.2 Å². The Morgan fingerprint density at radius 2 is 1.97 bits per heavy atom. The summed E-state index contributed by atoms with van der Waals surface area (Å²) in [6.07, 6.45) is 1.43. The zero-order valence-corrected chi connectivity index (χ0v) is 16.6. The number of hydrogen-bond donors (Lipinski definition) is 1. The molecule has 0 saturated carbocycles. The van der Waals surface area contributed by atoms with Gasteiger partial charge in [-0.1, -0.05) is 6.07 Å². The summed E-state index contributed by atoms with van der Waals surface area (Å²) in [5.74, 6) is -1.46. The summed E-state index contributed by atoms with van der Waals surface area (Å²) < 4.78 is 10.3. The van der Waals surface area contributed by atoms with E-state index < -0.39 is 29.1 Å². The van der Waals surface area contributed by atoms with Gasteiger partial charge in [-0.3, -0.25) is 14.5 Å². The largest absolute Gasteiger partial charge is 0.478 e. The summed E-state index contributed by atoms with van der Waals surface area (Å²) in [5, 5.41) is 8.50. The Kier molecular flexibility index (Phi) is 5.60. The highest BCUT2D eigenvalue weighted by Crippen LogP contribution is 2.35. The van der Waals surface area contributed by atoms with Gasteiger partial charge in [-0.15, -0.1) is 0 Å². The molecule has 2 amide bonds. The van der Waals surface area contributed by atoms with Gasteiger partial charge in [0, 0.05) is 11.6 Å². The molecule has 0 radical (unpaired) electrons. The first-order valence-corrected chi connectivity index (χ1v) is 9.33. The average molecular weight is 415 g/mol. The molecule has 1 aliphatic heterocycles. The van der Waals surface area contributed by atoms with Gasteiger partial charge in [-0.25, -0.2) is 9.59 Å². The third kappa shape index (κ3) is 3.95. The number of thioether (sulfide) groups is 1. The van der Waals surface area contributed by atoms with Gasteiger partial charge >= 0.3 is 11.9 Å². The van der Waals surface area contributed by atoms with Crippen molar-refractivity contribution >= 4 is 40.9 Å². The quantitative estimate of drug-likeness (QED) is 0.582. The van der Waals surface area contributed by atoms with Crippen LogP contribution in [0.3, 0.4) is 0 Å². The van der Waals surface area contributed by atoms with Crippen LogP contribution < -0.4 is 0 Å². The molecule has 8 nitrogen and oxygen atoms in total. The minimum atomic E-state index is -1.03. The zero-order chi connectivity index (χ0) is 21.3. The summed E-state index contributed by atoms with van der Waals surface area (Å²) in [6, 6.07) is 6.97. The lowest BCUT2D eigenvalue weighted by Gasteiger charge is -2.18. The van der Waals surface area contributed by atoms with E-state index in [0.29, 0.717) is 28.8 Å². The topological polar surface area (TPSA) is 114 Å². The molecule has 0 bridgehead atoms. The third-order valence-electron chi connectivity index (χ3n) is 4.39. The lowest BCUT2D eigenvalue weighted by molar-refractivity contribution is -0.148. The molecule has 3 rings (SSSR count). The number of aromatic carboxylic acids is 1. The van der Waals surface area contributed by atoms with Crippen LogP contribution in [0.2, 0.25) is 0 Å². The van der Waals surface area contributed by atoms with Crippen molar-refractivity contribution in [3.63, 3.8) is 0 Å². The molecule has 2 aromatic rings. The Morgan fingerprint density at radius 3 is 2.59 bits per heavy atom. The van der Waals surface area contributed by atoms with E-state index in [1.54, 1.807) is 31.2 Å². The van der Waals surface area contributed by atoms with Crippen LogP contribution in [0.5, 0.6) is 0 Å². The van der Waals surface area contributed by atoms with E-state index in [2.05, 4.69) is 4.74 Å². The maximum atomic E-state index is 12.5. The number of methoxy groups -OCH3 is 1. The first-order valence-electron chi connectivity index (χ1n) is 8.52. The molecule has 2 heterocycles. The minimum absolute atomic E-state index is 0.129. The van der Waals surface area contributed by atoms with Crippen LogP contribution in [-0.4, -0.2) is 46.2 Å². The van der Waals surface area contributed by atoms with Crippen molar-refractivity contribution in [2.45, 2.75) is 19.9 Å². The van der Waals surface area contributed by atoms with Gasteiger partial charge in [0.2, 0.25) is 0 Å². The SMILES string of the molecule is COC(=O)[C@H](C)N1C(=O)S/C(=C/c2ccc(-c3ccc(C(=O)O)cc3C)o2)C1=O. The van der Waals surface area contributed by atoms with Crippen molar-refractivity contribution < 1.29 is 33.4 Å². The smallest absolute Gasteiger partial charge is 0.335 e. The number of ether oxygens (including phenoxy) is 1. The predicted molar refractivity (Wildman–Crippen MR) is 105 cm³/mol. The molecule has 0 spiro atoms. The number of amides is 2. The number of imide groups is 1. The Morgan fingerprint density at radius 1 is 1.24 bits per heavy atom. The monoisotopic (exact) mass is 415 g/mol. The Labute approximate surface area is 170 Å². The highest BCUT2D eigenvalue weighted by atomic mass is 32.2. The molecule has 1 saturated heterocycles. The molecular weight excluding hydrogens is 398 g/mol. The maximum absolute atomic E-state index is 12.5. The zero-order valence-electron chi connectivity index (χ0n) is 15.8. The second-order valence-electron chi connectivity index (χ2n) is 6.29. The number of carboxylic acids is 1. The average Bonchev–Trinajstić information content (AvgIpc) is 3.25. The summed E-state index contributed by atoms with van der Waals surface area (Å²) in [5.41, 5.74) is 1.60. The van der Waals surface area contributed by atoms with E-state index in [0.717, 1.165) is 10.5 Å². The van der Waals surface area contributed by atoms with Gasteiger partial charge < -0.3 is 14.3 Å². The van der Waals surface area contributed by atoms with Crippen molar-refractivity contribution in [3.05, 3.63) is 52.1 Å². The third-order valence-corrected chi connectivity index (χ3v) is 5.28. The molecule has 29 heavy (non-hydrogen) atoms. The van der Waals surface area contributed by atoms with Crippen LogP contribution in [0.25, 0.3) is 17.4 Å². The number of rotatable bonds is 5. The van der Waals surface area contributed by atoms with Gasteiger partial charge in [0.25, 0.3) is 11.1 Å². The number of aryl methyl sites for hydroxylation is 1. The van der Waals surface area contributed by atoms with Crippen molar-refractivity contribution in [2.24, 2.45) is 0 Å². The molecule has 1 N–H and O–H groups in total. The molecule has 1 atom stereocenters. The van der Waals surface area contributed by atoms with Gasteiger partial charge in [0.05, 0.1) is 17.6 Å². The molecule has 1 fully saturated rings. The first-order chi connectivity index (χ1) is 13.7. The molecule has 1 aromatic heterocycles. The van der Waals surface area contributed by atoms with Crippen LogP contribution in [-0.2, 0) is 14.3 Å². The fraction of sp³-hybridized carbons (Fsp3) is 0.200. The molecule has 1 aromatic carbocycles. The van der Waals surface area contributed by atoms with E-state index in [4.69, 9.17) is 9.52 Å². The highest BCUT2D eigenvalue weighted by molar-refractivity contribution is 8.18.